The molecule has 0 fully saturated rings. The molecule has 0 aliphatic heterocycles. The average molecular weight is 249 g/mol. The Morgan fingerprint density at radius 3 is 2.47 bits per heavy atom. The van der Waals surface area contributed by atoms with Crippen molar-refractivity contribution in [3.63, 3.8) is 0 Å². The minimum Gasteiger partial charge on any atom is -0.382 e. The molecule has 94 valence electrons. The molecule has 1 atom stereocenters. The summed E-state index contributed by atoms with van der Waals surface area (Å²) in [5, 5.41) is 12.6. The Balaban J connectivity index is 2.11. The zero-order valence-corrected chi connectivity index (χ0v) is 10.7. The van der Waals surface area contributed by atoms with Gasteiger partial charge in [0.15, 0.2) is 0 Å². The Bertz CT molecular complexity index is 699. The second kappa shape index (κ2) is 4.82. The van der Waals surface area contributed by atoms with Crippen LogP contribution in [0.25, 0.3) is 10.8 Å². The summed E-state index contributed by atoms with van der Waals surface area (Å²) < 4.78 is 0. The van der Waals surface area contributed by atoms with E-state index in [4.69, 9.17) is 0 Å². The van der Waals surface area contributed by atoms with Crippen LogP contribution in [0.2, 0.25) is 0 Å². The number of pyridine rings is 1. The van der Waals surface area contributed by atoms with Gasteiger partial charge in [-0.15, -0.1) is 0 Å². The maximum atomic E-state index is 10.5. The van der Waals surface area contributed by atoms with Crippen LogP contribution in [0.15, 0.2) is 60.8 Å². The molecule has 0 amide bonds. The third-order valence-corrected chi connectivity index (χ3v) is 3.36. The summed E-state index contributed by atoms with van der Waals surface area (Å²) in [5.74, 6) is 0. The number of hydrogen-bond donors (Lipinski definition) is 1. The van der Waals surface area contributed by atoms with Gasteiger partial charge in [-0.3, -0.25) is 4.98 Å². The van der Waals surface area contributed by atoms with Crippen LogP contribution in [0.3, 0.4) is 0 Å². The Morgan fingerprint density at radius 1 is 0.947 bits per heavy atom. The first-order valence-electron chi connectivity index (χ1n) is 6.34. The second-order valence-electron chi connectivity index (χ2n) is 4.73. The van der Waals surface area contributed by atoms with Crippen LogP contribution in [0.5, 0.6) is 0 Å². The zero-order chi connectivity index (χ0) is 13.2. The summed E-state index contributed by atoms with van der Waals surface area (Å²) in [6.07, 6.45) is 1.06. The van der Waals surface area contributed by atoms with E-state index in [9.17, 15) is 5.11 Å². The Hall–Kier alpha value is -2.19. The van der Waals surface area contributed by atoms with Gasteiger partial charge in [0.1, 0.15) is 6.10 Å². The summed E-state index contributed by atoms with van der Waals surface area (Å²) in [6.45, 7) is 2.03. The van der Waals surface area contributed by atoms with Gasteiger partial charge in [0.2, 0.25) is 0 Å². The highest BCUT2D eigenvalue weighted by Crippen LogP contribution is 2.26. The second-order valence-corrected chi connectivity index (χ2v) is 4.73. The predicted octanol–water partition coefficient (Wildman–Crippen LogP) is 3.62. The minimum atomic E-state index is -0.688. The van der Waals surface area contributed by atoms with E-state index in [1.165, 1.54) is 5.56 Å². The monoisotopic (exact) mass is 249 g/mol. The predicted molar refractivity (Wildman–Crippen MR) is 77.0 cm³/mol. The molecule has 0 saturated heterocycles. The fourth-order valence-electron chi connectivity index (χ4n) is 2.27. The van der Waals surface area contributed by atoms with Gasteiger partial charge in [0.25, 0.3) is 0 Å². The molecule has 0 aliphatic carbocycles. The summed E-state index contributed by atoms with van der Waals surface area (Å²) in [4.78, 5) is 4.36. The average Bonchev–Trinajstić information content (AvgIpc) is 2.47. The molecule has 0 radical (unpaired) electrons. The van der Waals surface area contributed by atoms with Gasteiger partial charge in [-0.1, -0.05) is 54.1 Å². The van der Waals surface area contributed by atoms with Crippen molar-refractivity contribution >= 4 is 10.8 Å². The molecule has 0 bridgehead atoms. The van der Waals surface area contributed by atoms with Crippen LogP contribution in [0.4, 0.5) is 0 Å². The zero-order valence-electron chi connectivity index (χ0n) is 10.7. The lowest BCUT2D eigenvalue weighted by molar-refractivity contribution is 0.217. The van der Waals surface area contributed by atoms with Crippen molar-refractivity contribution in [2.24, 2.45) is 0 Å². The van der Waals surface area contributed by atoms with Crippen molar-refractivity contribution in [3.8, 4) is 0 Å². The van der Waals surface area contributed by atoms with Gasteiger partial charge >= 0.3 is 0 Å². The first-order valence-corrected chi connectivity index (χ1v) is 6.34. The van der Waals surface area contributed by atoms with Gasteiger partial charge in [-0.05, 0) is 23.9 Å². The van der Waals surface area contributed by atoms with Crippen LogP contribution in [-0.4, -0.2) is 10.1 Å². The molecule has 2 heteroatoms. The number of aliphatic hydroxyl groups is 1. The molecule has 3 aromatic rings. The molecule has 0 aliphatic rings. The van der Waals surface area contributed by atoms with Gasteiger partial charge < -0.3 is 5.11 Å². The van der Waals surface area contributed by atoms with E-state index >= 15 is 0 Å². The highest BCUT2D eigenvalue weighted by Gasteiger charge is 2.14. The van der Waals surface area contributed by atoms with Gasteiger partial charge in [-0.25, -0.2) is 0 Å². The number of fused-ring (bicyclic) bond motifs is 1. The number of aliphatic hydroxyl groups excluding tert-OH is 1. The lowest BCUT2D eigenvalue weighted by Crippen LogP contribution is -2.03. The van der Waals surface area contributed by atoms with Crippen LogP contribution in [-0.2, 0) is 0 Å². The van der Waals surface area contributed by atoms with Crippen LogP contribution in [0, 0.1) is 6.92 Å². The summed E-state index contributed by atoms with van der Waals surface area (Å²) in [6, 6.07) is 17.8. The van der Waals surface area contributed by atoms with Gasteiger partial charge in [-0.2, -0.15) is 0 Å². The minimum absolute atomic E-state index is 0.688. The van der Waals surface area contributed by atoms with Crippen molar-refractivity contribution in [1.29, 1.82) is 0 Å². The lowest BCUT2D eigenvalue weighted by atomic mass is 10.0. The SMILES string of the molecule is Cc1ccc(C(O)c2nccc3ccccc23)cc1. The highest BCUT2D eigenvalue weighted by molar-refractivity contribution is 5.84. The Labute approximate surface area is 112 Å². The fraction of sp³-hybridized carbons (Fsp3) is 0.118. The molecule has 3 rings (SSSR count). The van der Waals surface area contributed by atoms with Crippen molar-refractivity contribution in [2.75, 3.05) is 0 Å². The third kappa shape index (κ3) is 2.23. The molecule has 1 unspecified atom stereocenters. The smallest absolute Gasteiger partial charge is 0.122 e. The maximum Gasteiger partial charge on any atom is 0.122 e. The first-order chi connectivity index (χ1) is 9.25. The van der Waals surface area contributed by atoms with Gasteiger partial charge in [0.05, 0.1) is 5.69 Å². The molecule has 19 heavy (non-hydrogen) atoms. The van der Waals surface area contributed by atoms with Crippen LogP contribution < -0.4 is 0 Å². The summed E-state index contributed by atoms with van der Waals surface area (Å²) in [7, 11) is 0. The quantitative estimate of drug-likeness (QED) is 0.752. The number of benzene rings is 2. The fourth-order valence-corrected chi connectivity index (χ4v) is 2.27. The van der Waals surface area contributed by atoms with Gasteiger partial charge in [0, 0.05) is 11.6 Å². The normalized spacial score (nSPS) is 12.5. The number of aryl methyl sites for hydroxylation is 1. The molecule has 0 spiro atoms. The van der Waals surface area contributed by atoms with E-state index in [1.807, 2.05) is 61.5 Å². The van der Waals surface area contributed by atoms with E-state index in [1.54, 1.807) is 6.20 Å². The molecule has 2 nitrogen and oxygen atoms in total. The number of rotatable bonds is 2. The lowest BCUT2D eigenvalue weighted by Gasteiger charge is -2.13. The molecule has 2 aromatic carbocycles. The number of aromatic nitrogens is 1. The molecule has 1 heterocycles. The van der Waals surface area contributed by atoms with E-state index < -0.39 is 6.10 Å². The largest absolute Gasteiger partial charge is 0.382 e. The highest BCUT2D eigenvalue weighted by atomic mass is 16.3. The van der Waals surface area contributed by atoms with Crippen molar-refractivity contribution in [2.45, 2.75) is 13.0 Å². The first kappa shape index (κ1) is 11.9. The standard InChI is InChI=1S/C17H15NO/c1-12-6-8-14(9-7-12)17(19)16-15-5-3-2-4-13(15)10-11-18-16/h2-11,17,19H,1H3. The van der Waals surface area contributed by atoms with E-state index in [-0.39, 0.29) is 0 Å². The van der Waals surface area contributed by atoms with Crippen LogP contribution >= 0.6 is 0 Å². The molecule has 1 aromatic heterocycles. The van der Waals surface area contributed by atoms with Crippen molar-refractivity contribution in [1.82, 2.24) is 4.98 Å². The molecule has 1 N–H and O–H groups in total. The topological polar surface area (TPSA) is 33.1 Å². The van der Waals surface area contributed by atoms with E-state index in [2.05, 4.69) is 4.98 Å². The molecule has 0 saturated carbocycles. The number of nitrogens with zero attached hydrogens (tertiary/aromatic N) is 1. The Morgan fingerprint density at radius 2 is 1.68 bits per heavy atom. The Kier molecular flexibility index (Phi) is 3.02. The van der Waals surface area contributed by atoms with Crippen LogP contribution in [0.1, 0.15) is 22.9 Å². The third-order valence-electron chi connectivity index (χ3n) is 3.36. The van der Waals surface area contributed by atoms with Crippen molar-refractivity contribution < 1.29 is 5.11 Å². The number of hydrogen-bond acceptors (Lipinski definition) is 2. The molecular weight excluding hydrogens is 234 g/mol. The maximum absolute atomic E-state index is 10.5. The van der Waals surface area contributed by atoms with E-state index in [0.717, 1.165) is 16.3 Å². The summed E-state index contributed by atoms with van der Waals surface area (Å²) >= 11 is 0. The van der Waals surface area contributed by atoms with E-state index in [0.29, 0.717) is 5.69 Å². The van der Waals surface area contributed by atoms with Crippen molar-refractivity contribution in [3.05, 3.63) is 77.6 Å². The summed E-state index contributed by atoms with van der Waals surface area (Å²) in [5.41, 5.74) is 2.76. The molecular formula is C17H15NO.